The van der Waals surface area contributed by atoms with E-state index in [9.17, 15) is 9.59 Å². The van der Waals surface area contributed by atoms with Crippen LogP contribution in [0.2, 0.25) is 10.0 Å². The molecule has 2 N–H and O–H groups in total. The Hall–Kier alpha value is -3.53. The third-order valence-electron chi connectivity index (χ3n) is 4.52. The molecule has 2 heterocycles. The number of benzene rings is 2. The number of nitrogens with zero attached hydrogens (tertiary/aromatic N) is 3. The molecule has 0 saturated carbocycles. The Bertz CT molecular complexity index is 1370. The first-order chi connectivity index (χ1) is 16.4. The first kappa shape index (κ1) is 23.6. The third-order valence-corrected chi connectivity index (χ3v) is 5.90. The standard InChI is InChI=1S/C23H17Cl2N5O3S/c1-13-2-4-14(5-3-13)22(32)27-23-30-29-21(34-23)11-20(31)28-26-12-16-7-9-19(33-16)17-8-6-15(24)10-18(17)25/h2-10,12H,11H2,1H3,(H,28,31)(H,27,30,32)/b26-12+. The highest BCUT2D eigenvalue weighted by Crippen LogP contribution is 2.31. The number of halogens is 2. The molecule has 172 valence electrons. The lowest BCUT2D eigenvalue weighted by molar-refractivity contribution is -0.120. The number of hydrogen-bond donors (Lipinski definition) is 2. The van der Waals surface area contributed by atoms with E-state index in [4.69, 9.17) is 27.6 Å². The minimum atomic E-state index is -0.392. The number of aryl methyl sites for hydroxylation is 1. The van der Waals surface area contributed by atoms with Gasteiger partial charge in [-0.05, 0) is 49.4 Å². The van der Waals surface area contributed by atoms with Gasteiger partial charge in [0.1, 0.15) is 16.5 Å². The van der Waals surface area contributed by atoms with Crippen molar-refractivity contribution in [3.8, 4) is 11.3 Å². The number of carbonyl (C=O) groups excluding carboxylic acids is 2. The lowest BCUT2D eigenvalue weighted by atomic mass is 10.1. The Morgan fingerprint density at radius 2 is 1.88 bits per heavy atom. The maximum Gasteiger partial charge on any atom is 0.257 e. The number of carbonyl (C=O) groups is 2. The molecule has 0 radical (unpaired) electrons. The topological polar surface area (TPSA) is 109 Å². The summed E-state index contributed by atoms with van der Waals surface area (Å²) in [5, 5.41) is 16.1. The van der Waals surface area contributed by atoms with Crippen LogP contribution in [0.1, 0.15) is 26.7 Å². The van der Waals surface area contributed by atoms with Crippen LogP contribution in [-0.4, -0.2) is 28.2 Å². The van der Waals surface area contributed by atoms with Crippen molar-refractivity contribution in [1.82, 2.24) is 15.6 Å². The van der Waals surface area contributed by atoms with Gasteiger partial charge in [0.2, 0.25) is 11.0 Å². The van der Waals surface area contributed by atoms with E-state index in [0.29, 0.717) is 42.8 Å². The predicted molar refractivity (Wildman–Crippen MR) is 133 cm³/mol. The Labute approximate surface area is 208 Å². The van der Waals surface area contributed by atoms with Crippen molar-refractivity contribution >= 4 is 57.7 Å². The van der Waals surface area contributed by atoms with Crippen LogP contribution in [0.5, 0.6) is 0 Å². The first-order valence-corrected chi connectivity index (χ1v) is 11.5. The van der Waals surface area contributed by atoms with Crippen molar-refractivity contribution in [2.75, 3.05) is 5.32 Å². The molecule has 0 spiro atoms. The van der Waals surface area contributed by atoms with Gasteiger partial charge in [0.15, 0.2) is 0 Å². The Kier molecular flexibility index (Phi) is 7.36. The highest BCUT2D eigenvalue weighted by Gasteiger charge is 2.13. The molecule has 4 rings (SSSR count). The van der Waals surface area contributed by atoms with Gasteiger partial charge in [-0.1, -0.05) is 52.2 Å². The molecule has 0 atom stereocenters. The fourth-order valence-corrected chi connectivity index (χ4v) is 4.09. The maximum atomic E-state index is 12.3. The summed E-state index contributed by atoms with van der Waals surface area (Å²) in [6, 6.07) is 15.7. The average molecular weight is 514 g/mol. The van der Waals surface area contributed by atoms with Crippen molar-refractivity contribution < 1.29 is 14.0 Å². The monoisotopic (exact) mass is 513 g/mol. The van der Waals surface area contributed by atoms with Gasteiger partial charge in [-0.15, -0.1) is 10.2 Å². The molecule has 2 aromatic carbocycles. The quantitative estimate of drug-likeness (QED) is 0.255. The van der Waals surface area contributed by atoms with Gasteiger partial charge in [-0.2, -0.15) is 5.10 Å². The number of nitrogens with one attached hydrogen (secondary N) is 2. The van der Waals surface area contributed by atoms with Crippen molar-refractivity contribution in [3.63, 3.8) is 0 Å². The molecule has 0 aliphatic heterocycles. The van der Waals surface area contributed by atoms with Crippen LogP contribution in [-0.2, 0) is 11.2 Å². The number of rotatable bonds is 7. The molecule has 2 aromatic heterocycles. The number of furan rings is 1. The van der Waals surface area contributed by atoms with Crippen molar-refractivity contribution in [3.05, 3.63) is 86.5 Å². The molecule has 0 unspecified atom stereocenters. The van der Waals surface area contributed by atoms with E-state index in [-0.39, 0.29) is 12.3 Å². The minimum absolute atomic E-state index is 0.0425. The summed E-state index contributed by atoms with van der Waals surface area (Å²) in [5.74, 6) is 0.285. The van der Waals surface area contributed by atoms with E-state index in [1.807, 2.05) is 19.1 Å². The van der Waals surface area contributed by atoms with Gasteiger partial charge in [-0.25, -0.2) is 5.43 Å². The lowest BCUT2D eigenvalue weighted by Gasteiger charge is -2.01. The molecule has 0 aliphatic rings. The van der Waals surface area contributed by atoms with E-state index in [2.05, 4.69) is 26.0 Å². The smallest absolute Gasteiger partial charge is 0.257 e. The minimum Gasteiger partial charge on any atom is -0.455 e. The molecule has 0 aliphatic carbocycles. The molecule has 34 heavy (non-hydrogen) atoms. The summed E-state index contributed by atoms with van der Waals surface area (Å²) in [6.45, 7) is 1.94. The molecule has 0 saturated heterocycles. The first-order valence-electron chi connectivity index (χ1n) is 9.95. The molecular formula is C23H17Cl2N5O3S. The second-order valence-electron chi connectivity index (χ2n) is 7.12. The Morgan fingerprint density at radius 1 is 1.09 bits per heavy atom. The second-order valence-corrected chi connectivity index (χ2v) is 9.02. The van der Waals surface area contributed by atoms with Crippen LogP contribution in [0.25, 0.3) is 11.3 Å². The van der Waals surface area contributed by atoms with Gasteiger partial charge in [0.05, 0.1) is 17.7 Å². The van der Waals surface area contributed by atoms with Crippen LogP contribution in [0.4, 0.5) is 5.13 Å². The van der Waals surface area contributed by atoms with Gasteiger partial charge >= 0.3 is 0 Å². The molecule has 8 nitrogen and oxygen atoms in total. The molecule has 11 heteroatoms. The van der Waals surface area contributed by atoms with E-state index in [0.717, 1.165) is 16.9 Å². The van der Waals surface area contributed by atoms with E-state index < -0.39 is 5.91 Å². The third kappa shape index (κ3) is 6.07. The second kappa shape index (κ2) is 10.6. The average Bonchev–Trinajstić information content (AvgIpc) is 3.44. The summed E-state index contributed by atoms with van der Waals surface area (Å²) >= 11 is 13.2. The molecule has 0 fully saturated rings. The summed E-state index contributed by atoms with van der Waals surface area (Å²) in [6.07, 6.45) is 1.33. The molecule has 2 amide bonds. The summed E-state index contributed by atoms with van der Waals surface area (Å²) in [4.78, 5) is 24.4. The number of hydrazone groups is 1. The highest BCUT2D eigenvalue weighted by molar-refractivity contribution is 7.15. The Morgan fingerprint density at radius 3 is 2.65 bits per heavy atom. The van der Waals surface area contributed by atoms with Gasteiger partial charge in [0.25, 0.3) is 5.91 Å². The van der Waals surface area contributed by atoms with Crippen molar-refractivity contribution in [2.24, 2.45) is 5.10 Å². The zero-order chi connectivity index (χ0) is 24.1. The zero-order valence-electron chi connectivity index (χ0n) is 17.7. The molecule has 4 aromatic rings. The van der Waals surface area contributed by atoms with Gasteiger partial charge in [-0.3, -0.25) is 14.9 Å². The van der Waals surface area contributed by atoms with Crippen LogP contribution < -0.4 is 10.7 Å². The van der Waals surface area contributed by atoms with Gasteiger partial charge in [0, 0.05) is 16.1 Å². The van der Waals surface area contributed by atoms with Crippen LogP contribution in [0.3, 0.4) is 0 Å². The summed E-state index contributed by atoms with van der Waals surface area (Å²) in [5.41, 5.74) is 4.66. The van der Waals surface area contributed by atoms with E-state index in [1.54, 1.807) is 42.5 Å². The van der Waals surface area contributed by atoms with Crippen molar-refractivity contribution in [1.29, 1.82) is 0 Å². The number of hydrogen-bond acceptors (Lipinski definition) is 7. The van der Waals surface area contributed by atoms with Crippen molar-refractivity contribution in [2.45, 2.75) is 13.3 Å². The molecule has 0 bridgehead atoms. The maximum absolute atomic E-state index is 12.3. The van der Waals surface area contributed by atoms with Crippen LogP contribution >= 0.6 is 34.5 Å². The number of anilines is 1. The van der Waals surface area contributed by atoms with E-state index in [1.165, 1.54) is 6.21 Å². The van der Waals surface area contributed by atoms with Crippen LogP contribution in [0, 0.1) is 6.92 Å². The fourth-order valence-electron chi connectivity index (χ4n) is 2.85. The lowest BCUT2D eigenvalue weighted by Crippen LogP contribution is -2.19. The largest absolute Gasteiger partial charge is 0.455 e. The highest BCUT2D eigenvalue weighted by atomic mass is 35.5. The summed E-state index contributed by atoms with van der Waals surface area (Å²) < 4.78 is 5.69. The SMILES string of the molecule is Cc1ccc(C(=O)Nc2nnc(CC(=O)N/N=C/c3ccc(-c4ccc(Cl)cc4Cl)o3)s2)cc1. The number of aromatic nitrogens is 2. The molecular weight excluding hydrogens is 497 g/mol. The zero-order valence-corrected chi connectivity index (χ0v) is 20.0. The Balaban J connectivity index is 1.29. The normalized spacial score (nSPS) is 11.0. The van der Waals surface area contributed by atoms with Gasteiger partial charge < -0.3 is 4.42 Å². The van der Waals surface area contributed by atoms with Crippen LogP contribution in [0.15, 0.2) is 64.1 Å². The predicted octanol–water partition coefficient (Wildman–Crippen LogP) is 5.36. The fraction of sp³-hybridized carbons (Fsp3) is 0.0870. The van der Waals surface area contributed by atoms with E-state index >= 15 is 0 Å². The summed E-state index contributed by atoms with van der Waals surface area (Å²) in [7, 11) is 0. The number of amides is 2.